The van der Waals surface area contributed by atoms with Crippen molar-refractivity contribution in [3.05, 3.63) is 53.7 Å². The average molecular weight is 382 g/mol. The SMILES string of the molecule is CCNC(=NCc1ccnc(N(C)C)c1)N1CCC(c2ccc(OC)cc2)C1. The number of hydrogen-bond donors (Lipinski definition) is 1. The van der Waals surface area contributed by atoms with Crippen LogP contribution in [-0.2, 0) is 6.54 Å². The highest BCUT2D eigenvalue weighted by molar-refractivity contribution is 5.80. The first kappa shape index (κ1) is 20.0. The van der Waals surface area contributed by atoms with Crippen molar-refractivity contribution in [1.82, 2.24) is 15.2 Å². The Kier molecular flexibility index (Phi) is 6.74. The van der Waals surface area contributed by atoms with Gasteiger partial charge in [0.05, 0.1) is 13.7 Å². The highest BCUT2D eigenvalue weighted by Gasteiger charge is 2.26. The van der Waals surface area contributed by atoms with Crippen LogP contribution in [0.4, 0.5) is 5.82 Å². The molecule has 6 nitrogen and oxygen atoms in total. The Morgan fingerprint density at radius 1 is 1.29 bits per heavy atom. The van der Waals surface area contributed by atoms with Gasteiger partial charge in [0.15, 0.2) is 5.96 Å². The smallest absolute Gasteiger partial charge is 0.194 e. The van der Waals surface area contributed by atoms with Crippen molar-refractivity contribution in [3.8, 4) is 5.75 Å². The van der Waals surface area contributed by atoms with E-state index in [-0.39, 0.29) is 0 Å². The molecule has 1 N–H and O–H groups in total. The van der Waals surface area contributed by atoms with Gasteiger partial charge in [0.2, 0.25) is 0 Å². The Hall–Kier alpha value is -2.76. The molecule has 0 amide bonds. The van der Waals surface area contributed by atoms with Crippen LogP contribution in [0.5, 0.6) is 5.75 Å². The molecule has 0 aliphatic carbocycles. The zero-order chi connectivity index (χ0) is 19.9. The maximum Gasteiger partial charge on any atom is 0.194 e. The molecule has 2 heterocycles. The van der Waals surface area contributed by atoms with Crippen molar-refractivity contribution in [3.63, 3.8) is 0 Å². The highest BCUT2D eigenvalue weighted by atomic mass is 16.5. The molecule has 1 aromatic heterocycles. The first-order valence-electron chi connectivity index (χ1n) is 9.90. The molecule has 3 rings (SSSR count). The van der Waals surface area contributed by atoms with Crippen LogP contribution in [0, 0.1) is 0 Å². The normalized spacial score (nSPS) is 16.9. The fraction of sp³-hybridized carbons (Fsp3) is 0.455. The van der Waals surface area contributed by atoms with E-state index in [0.717, 1.165) is 43.6 Å². The second-order valence-corrected chi connectivity index (χ2v) is 7.29. The minimum atomic E-state index is 0.524. The summed E-state index contributed by atoms with van der Waals surface area (Å²) in [4.78, 5) is 13.6. The Bertz CT molecular complexity index is 788. The van der Waals surface area contributed by atoms with Crippen LogP contribution in [0.15, 0.2) is 47.6 Å². The number of anilines is 1. The van der Waals surface area contributed by atoms with Crippen LogP contribution < -0.4 is 15.0 Å². The van der Waals surface area contributed by atoms with Gasteiger partial charge in [0, 0.05) is 45.8 Å². The van der Waals surface area contributed by atoms with Crippen molar-refractivity contribution in [2.75, 3.05) is 45.7 Å². The van der Waals surface area contributed by atoms with Gasteiger partial charge in [-0.15, -0.1) is 0 Å². The van der Waals surface area contributed by atoms with Crippen LogP contribution in [0.3, 0.4) is 0 Å². The van der Waals surface area contributed by atoms with Crippen LogP contribution in [0.1, 0.15) is 30.4 Å². The summed E-state index contributed by atoms with van der Waals surface area (Å²) in [5, 5.41) is 3.45. The first-order valence-corrected chi connectivity index (χ1v) is 9.90. The Morgan fingerprint density at radius 2 is 2.07 bits per heavy atom. The van der Waals surface area contributed by atoms with Crippen LogP contribution in [-0.4, -0.2) is 56.7 Å². The fourth-order valence-electron chi connectivity index (χ4n) is 3.50. The fourth-order valence-corrected chi connectivity index (χ4v) is 3.50. The van der Waals surface area contributed by atoms with E-state index in [1.807, 2.05) is 43.4 Å². The third kappa shape index (κ3) is 4.94. The van der Waals surface area contributed by atoms with Gasteiger partial charge >= 0.3 is 0 Å². The summed E-state index contributed by atoms with van der Waals surface area (Å²) < 4.78 is 5.27. The topological polar surface area (TPSA) is 53.0 Å². The molecule has 0 spiro atoms. The second-order valence-electron chi connectivity index (χ2n) is 7.29. The summed E-state index contributed by atoms with van der Waals surface area (Å²) in [7, 11) is 5.71. The molecule has 28 heavy (non-hydrogen) atoms. The van der Waals surface area contributed by atoms with Crippen molar-refractivity contribution >= 4 is 11.8 Å². The molecule has 1 fully saturated rings. The van der Waals surface area contributed by atoms with E-state index in [4.69, 9.17) is 9.73 Å². The number of aromatic nitrogens is 1. The highest BCUT2D eigenvalue weighted by Crippen LogP contribution is 2.28. The molecule has 1 unspecified atom stereocenters. The molecule has 0 bridgehead atoms. The van der Waals surface area contributed by atoms with E-state index >= 15 is 0 Å². The molecular weight excluding hydrogens is 350 g/mol. The van der Waals surface area contributed by atoms with E-state index in [1.165, 1.54) is 11.1 Å². The molecule has 0 radical (unpaired) electrons. The molecule has 1 atom stereocenters. The molecule has 6 heteroatoms. The number of ether oxygens (including phenoxy) is 1. The first-order chi connectivity index (χ1) is 13.6. The van der Waals surface area contributed by atoms with E-state index in [1.54, 1.807) is 7.11 Å². The van der Waals surface area contributed by atoms with Gasteiger partial charge in [-0.2, -0.15) is 0 Å². The standard InChI is InChI=1S/C22H31N5O/c1-5-23-22(25-15-17-10-12-24-21(14-17)26(2)3)27-13-11-19(16-27)18-6-8-20(28-4)9-7-18/h6-10,12,14,19H,5,11,13,15-16H2,1-4H3,(H,23,25). The number of benzene rings is 1. The monoisotopic (exact) mass is 381 g/mol. The summed E-state index contributed by atoms with van der Waals surface area (Å²) in [5.41, 5.74) is 2.53. The van der Waals surface area contributed by atoms with E-state index in [2.05, 4.69) is 40.3 Å². The zero-order valence-corrected chi connectivity index (χ0v) is 17.4. The van der Waals surface area contributed by atoms with Crippen molar-refractivity contribution in [1.29, 1.82) is 0 Å². The van der Waals surface area contributed by atoms with Gasteiger partial charge in [-0.3, -0.25) is 0 Å². The number of rotatable bonds is 6. The Labute approximate surface area is 168 Å². The lowest BCUT2D eigenvalue weighted by Gasteiger charge is -2.22. The average Bonchev–Trinajstić information content (AvgIpc) is 3.21. The van der Waals surface area contributed by atoms with Gasteiger partial charge in [-0.05, 0) is 48.7 Å². The number of nitrogens with one attached hydrogen (secondary N) is 1. The van der Waals surface area contributed by atoms with E-state index < -0.39 is 0 Å². The minimum absolute atomic E-state index is 0.524. The Balaban J connectivity index is 1.68. The summed E-state index contributed by atoms with van der Waals surface area (Å²) in [6.07, 6.45) is 2.99. The number of nitrogens with zero attached hydrogens (tertiary/aromatic N) is 4. The summed E-state index contributed by atoms with van der Waals surface area (Å²) in [5.74, 6) is 3.37. The van der Waals surface area contributed by atoms with Crippen molar-refractivity contribution in [2.24, 2.45) is 4.99 Å². The predicted octanol–water partition coefficient (Wildman–Crippen LogP) is 3.11. The van der Waals surface area contributed by atoms with Gasteiger partial charge < -0.3 is 19.9 Å². The molecular formula is C22H31N5O. The third-order valence-corrected chi connectivity index (χ3v) is 5.09. The van der Waals surface area contributed by atoms with Gasteiger partial charge in [-0.1, -0.05) is 12.1 Å². The van der Waals surface area contributed by atoms with E-state index in [9.17, 15) is 0 Å². The summed E-state index contributed by atoms with van der Waals surface area (Å²) in [6.45, 7) is 5.62. The maximum absolute atomic E-state index is 5.27. The maximum atomic E-state index is 5.27. The largest absolute Gasteiger partial charge is 0.497 e. The quantitative estimate of drug-likeness (QED) is 0.615. The molecule has 1 saturated heterocycles. The Morgan fingerprint density at radius 3 is 2.75 bits per heavy atom. The number of hydrogen-bond acceptors (Lipinski definition) is 4. The lowest BCUT2D eigenvalue weighted by Crippen LogP contribution is -2.40. The van der Waals surface area contributed by atoms with Gasteiger partial charge in [0.1, 0.15) is 11.6 Å². The van der Waals surface area contributed by atoms with E-state index in [0.29, 0.717) is 12.5 Å². The van der Waals surface area contributed by atoms with Gasteiger partial charge in [0.25, 0.3) is 0 Å². The van der Waals surface area contributed by atoms with Crippen molar-refractivity contribution < 1.29 is 4.74 Å². The molecule has 1 aliphatic heterocycles. The minimum Gasteiger partial charge on any atom is -0.497 e. The molecule has 2 aromatic rings. The number of pyridine rings is 1. The molecule has 1 aliphatic rings. The molecule has 0 saturated carbocycles. The van der Waals surface area contributed by atoms with Gasteiger partial charge in [-0.25, -0.2) is 9.98 Å². The predicted molar refractivity (Wildman–Crippen MR) is 115 cm³/mol. The number of likely N-dealkylation sites (tertiary alicyclic amines) is 1. The third-order valence-electron chi connectivity index (χ3n) is 5.09. The zero-order valence-electron chi connectivity index (χ0n) is 17.4. The second kappa shape index (κ2) is 9.44. The number of guanidine groups is 1. The summed E-state index contributed by atoms with van der Waals surface area (Å²) in [6, 6.07) is 12.6. The molecule has 1 aromatic carbocycles. The number of methoxy groups -OCH3 is 1. The summed E-state index contributed by atoms with van der Waals surface area (Å²) >= 11 is 0. The molecule has 150 valence electrons. The van der Waals surface area contributed by atoms with Crippen LogP contribution in [0.2, 0.25) is 0 Å². The van der Waals surface area contributed by atoms with Crippen LogP contribution in [0.25, 0.3) is 0 Å². The number of aliphatic imine (C=N–C) groups is 1. The lowest BCUT2D eigenvalue weighted by atomic mass is 9.98. The lowest BCUT2D eigenvalue weighted by molar-refractivity contribution is 0.414. The van der Waals surface area contributed by atoms with Crippen molar-refractivity contribution in [2.45, 2.75) is 25.8 Å². The van der Waals surface area contributed by atoms with Crippen LogP contribution >= 0.6 is 0 Å².